The number of hydrogen-bond acceptors (Lipinski definition) is 4. The summed E-state index contributed by atoms with van der Waals surface area (Å²) in [7, 11) is 5.89. The molecule has 0 fully saturated rings. The molecule has 3 aromatic rings. The number of aryl methyl sites for hydroxylation is 1. The third kappa shape index (κ3) is 13.8. The van der Waals surface area contributed by atoms with Crippen LogP contribution in [0.5, 0.6) is 11.5 Å². The van der Waals surface area contributed by atoms with Gasteiger partial charge in [-0.15, -0.1) is 0 Å². The van der Waals surface area contributed by atoms with Crippen LogP contribution in [-0.4, -0.2) is 44.5 Å². The summed E-state index contributed by atoms with van der Waals surface area (Å²) in [5.74, 6) is 8.93. The number of ketones is 1. The van der Waals surface area contributed by atoms with E-state index >= 15 is 0 Å². The summed E-state index contributed by atoms with van der Waals surface area (Å²) in [5, 5.41) is 0. The molecule has 4 nitrogen and oxygen atoms in total. The molecule has 0 aromatic heterocycles. The van der Waals surface area contributed by atoms with Crippen molar-refractivity contribution in [1.29, 1.82) is 0 Å². The van der Waals surface area contributed by atoms with Crippen molar-refractivity contribution in [2.45, 2.75) is 90.1 Å². The van der Waals surface area contributed by atoms with Gasteiger partial charge in [-0.25, -0.2) is 0 Å². The number of methoxy groups -OCH3 is 1. The van der Waals surface area contributed by atoms with E-state index in [1.807, 2.05) is 66.7 Å². The summed E-state index contributed by atoms with van der Waals surface area (Å²) in [6, 6.07) is 26.4. The largest absolute Gasteiger partial charge is 0.497 e. The van der Waals surface area contributed by atoms with E-state index in [0.717, 1.165) is 87.0 Å². The van der Waals surface area contributed by atoms with Crippen molar-refractivity contribution in [1.82, 2.24) is 4.90 Å². The maximum atomic E-state index is 13.1. The number of nitrogens with zero attached hydrogens (tertiary/aromatic N) is 1. The number of likely N-dealkylation sites (N-methyl/N-ethyl adjacent to an activating group) is 1. The van der Waals surface area contributed by atoms with E-state index in [2.05, 4.69) is 49.9 Å². The maximum Gasteiger partial charge on any atom is 0.135 e. The van der Waals surface area contributed by atoms with E-state index in [9.17, 15) is 4.79 Å². The maximum absolute atomic E-state index is 13.1. The molecule has 0 aliphatic rings. The van der Waals surface area contributed by atoms with Crippen molar-refractivity contribution >= 4 is 5.78 Å². The number of carbonyl (C=O) groups excluding carboxylic acids is 1. The zero-order valence-corrected chi connectivity index (χ0v) is 27.5. The molecular formula is C40H53NO3. The van der Waals surface area contributed by atoms with Gasteiger partial charge in [-0.3, -0.25) is 4.79 Å². The van der Waals surface area contributed by atoms with Gasteiger partial charge in [-0.2, -0.15) is 0 Å². The quantitative estimate of drug-likeness (QED) is 0.0964. The lowest BCUT2D eigenvalue weighted by Gasteiger charge is -2.23. The zero-order valence-electron chi connectivity index (χ0n) is 27.5. The molecule has 0 saturated heterocycles. The van der Waals surface area contributed by atoms with Gasteiger partial charge in [0.05, 0.1) is 7.11 Å². The summed E-state index contributed by atoms with van der Waals surface area (Å²) >= 11 is 0. The fraction of sp³-hybridized carbons (Fsp3) is 0.475. The summed E-state index contributed by atoms with van der Waals surface area (Å²) in [4.78, 5) is 15.3. The van der Waals surface area contributed by atoms with Gasteiger partial charge >= 0.3 is 0 Å². The van der Waals surface area contributed by atoms with Crippen LogP contribution >= 0.6 is 0 Å². The van der Waals surface area contributed by atoms with E-state index in [1.165, 1.54) is 18.4 Å². The van der Waals surface area contributed by atoms with Crippen LogP contribution in [0.1, 0.15) is 94.2 Å². The fourth-order valence-electron chi connectivity index (χ4n) is 5.60. The SMILES string of the molecule is CCCCC(CCCCCC[C@@H](CN(C)C)Oc1cccc(C#Cc2ccccc2)c1)C(=O)CCCc1ccc(OC)cc1. The molecule has 0 N–H and O–H groups in total. The van der Waals surface area contributed by atoms with Crippen LogP contribution < -0.4 is 9.47 Å². The second-order valence-electron chi connectivity index (χ2n) is 12.1. The molecule has 4 heteroatoms. The Morgan fingerprint density at radius 3 is 2.14 bits per heavy atom. The van der Waals surface area contributed by atoms with E-state index in [-0.39, 0.29) is 12.0 Å². The van der Waals surface area contributed by atoms with E-state index in [1.54, 1.807) is 7.11 Å². The van der Waals surface area contributed by atoms with Gasteiger partial charge in [-0.05, 0) is 101 Å². The predicted octanol–water partition coefficient (Wildman–Crippen LogP) is 9.14. The highest BCUT2D eigenvalue weighted by Crippen LogP contribution is 2.23. The van der Waals surface area contributed by atoms with Crippen molar-refractivity contribution in [2.75, 3.05) is 27.7 Å². The van der Waals surface area contributed by atoms with Gasteiger partial charge in [0.2, 0.25) is 0 Å². The summed E-state index contributed by atoms with van der Waals surface area (Å²) in [6.45, 7) is 3.09. The molecule has 2 atom stereocenters. The molecule has 0 amide bonds. The average molecular weight is 596 g/mol. The minimum absolute atomic E-state index is 0.131. The molecule has 1 unspecified atom stereocenters. The molecule has 0 radical (unpaired) electrons. The lowest BCUT2D eigenvalue weighted by Crippen LogP contribution is -2.30. The average Bonchev–Trinajstić information content (AvgIpc) is 3.03. The smallest absolute Gasteiger partial charge is 0.135 e. The molecule has 44 heavy (non-hydrogen) atoms. The number of Topliss-reactive ketones (excluding diaryl/α,β-unsaturated/α-hetero) is 1. The normalized spacial score (nSPS) is 12.3. The second-order valence-corrected chi connectivity index (χ2v) is 12.1. The molecule has 0 spiro atoms. The number of rotatable bonds is 20. The topological polar surface area (TPSA) is 38.8 Å². The van der Waals surface area contributed by atoms with Gasteiger partial charge in [0, 0.05) is 30.0 Å². The first-order chi connectivity index (χ1) is 21.5. The van der Waals surface area contributed by atoms with Crippen LogP contribution in [0.25, 0.3) is 0 Å². The van der Waals surface area contributed by atoms with Crippen molar-refractivity contribution < 1.29 is 14.3 Å². The first-order valence-corrected chi connectivity index (χ1v) is 16.6. The zero-order chi connectivity index (χ0) is 31.4. The number of ether oxygens (including phenoxy) is 2. The monoisotopic (exact) mass is 595 g/mol. The Kier molecular flexibility index (Phi) is 16.2. The second kappa shape index (κ2) is 20.4. The van der Waals surface area contributed by atoms with E-state index < -0.39 is 0 Å². The number of carbonyl (C=O) groups is 1. The molecule has 236 valence electrons. The molecule has 0 bridgehead atoms. The van der Waals surface area contributed by atoms with Crippen molar-refractivity contribution in [3.8, 4) is 23.3 Å². The molecule has 0 saturated carbocycles. The lowest BCUT2D eigenvalue weighted by atomic mass is 9.88. The first-order valence-electron chi connectivity index (χ1n) is 16.6. The fourth-order valence-corrected chi connectivity index (χ4v) is 5.60. The third-order valence-corrected chi connectivity index (χ3v) is 8.07. The van der Waals surface area contributed by atoms with Gasteiger partial charge in [0.25, 0.3) is 0 Å². The molecule has 0 aliphatic heterocycles. The molecule has 0 heterocycles. The molecule has 3 rings (SSSR count). The Bertz CT molecular complexity index is 1270. The van der Waals surface area contributed by atoms with Gasteiger partial charge in [-0.1, -0.05) is 87.3 Å². The van der Waals surface area contributed by atoms with Gasteiger partial charge in [0.1, 0.15) is 23.4 Å². The van der Waals surface area contributed by atoms with Crippen molar-refractivity contribution in [2.24, 2.45) is 5.92 Å². The first kappa shape index (κ1) is 34.9. The lowest BCUT2D eigenvalue weighted by molar-refractivity contribution is -0.123. The summed E-state index contributed by atoms with van der Waals surface area (Å²) in [6.07, 6.45) is 12.6. The van der Waals surface area contributed by atoms with Gasteiger partial charge in [0.15, 0.2) is 0 Å². The minimum Gasteiger partial charge on any atom is -0.497 e. The van der Waals surface area contributed by atoms with Crippen molar-refractivity contribution in [3.63, 3.8) is 0 Å². The highest BCUT2D eigenvalue weighted by atomic mass is 16.5. The number of benzene rings is 3. The standard InChI is InChI=1S/C40H53NO3/c1-5-6-20-36(40(42)24-15-18-34-27-29-37(43-4)30-28-34)21-12-7-8-13-22-39(32-41(2)3)44-38-23-14-19-35(31-38)26-25-33-16-10-9-11-17-33/h9-11,14,16-17,19,23,27-31,36,39H,5-8,12-13,15,18,20-22,24,32H2,1-4H3/t36?,39-/m0/s1. The number of unbranched alkanes of at least 4 members (excludes halogenated alkanes) is 4. The summed E-state index contributed by atoms with van der Waals surface area (Å²) in [5.41, 5.74) is 3.24. The van der Waals surface area contributed by atoms with Crippen LogP contribution in [-0.2, 0) is 11.2 Å². The molecule has 3 aromatic carbocycles. The van der Waals surface area contributed by atoms with Gasteiger partial charge < -0.3 is 14.4 Å². The highest BCUT2D eigenvalue weighted by molar-refractivity contribution is 5.80. The Labute approximate surface area is 267 Å². The van der Waals surface area contributed by atoms with Crippen LogP contribution in [0.15, 0.2) is 78.9 Å². The van der Waals surface area contributed by atoms with Crippen LogP contribution in [0.2, 0.25) is 0 Å². The van der Waals surface area contributed by atoms with Crippen LogP contribution in [0.4, 0.5) is 0 Å². The number of hydrogen-bond donors (Lipinski definition) is 0. The summed E-state index contributed by atoms with van der Waals surface area (Å²) < 4.78 is 11.7. The molecule has 0 aliphatic carbocycles. The Morgan fingerprint density at radius 1 is 0.750 bits per heavy atom. The van der Waals surface area contributed by atoms with Crippen molar-refractivity contribution in [3.05, 3.63) is 95.6 Å². The van der Waals surface area contributed by atoms with Crippen LogP contribution in [0, 0.1) is 17.8 Å². The van der Waals surface area contributed by atoms with E-state index in [4.69, 9.17) is 9.47 Å². The minimum atomic E-state index is 0.131. The predicted molar refractivity (Wildman–Crippen MR) is 183 cm³/mol. The Morgan fingerprint density at radius 2 is 1.43 bits per heavy atom. The Balaban J connectivity index is 1.41. The van der Waals surface area contributed by atoms with Crippen LogP contribution in [0.3, 0.4) is 0 Å². The highest BCUT2D eigenvalue weighted by Gasteiger charge is 2.18. The molecular weight excluding hydrogens is 542 g/mol. The van der Waals surface area contributed by atoms with E-state index in [0.29, 0.717) is 12.2 Å². The third-order valence-electron chi connectivity index (χ3n) is 8.07. The Hall–Kier alpha value is -3.55.